The number of carbonyl (C=O) groups is 3. The molecule has 1 aliphatic carbocycles. The van der Waals surface area contributed by atoms with E-state index in [0.29, 0.717) is 31.5 Å². The van der Waals surface area contributed by atoms with Gasteiger partial charge in [0.2, 0.25) is 11.8 Å². The molecule has 2 rings (SSSR count). The number of hydrogen-bond donors (Lipinski definition) is 3. The predicted octanol–water partition coefficient (Wildman–Crippen LogP) is 1.95. The molecular formula is C17H22N2O4. The lowest BCUT2D eigenvalue weighted by Gasteiger charge is -2.07. The van der Waals surface area contributed by atoms with Crippen LogP contribution < -0.4 is 10.6 Å². The van der Waals surface area contributed by atoms with Crippen LogP contribution in [0.3, 0.4) is 0 Å². The fraction of sp³-hybridized carbons (Fsp3) is 0.471. The van der Waals surface area contributed by atoms with Crippen LogP contribution in [0, 0.1) is 5.92 Å². The summed E-state index contributed by atoms with van der Waals surface area (Å²) < 4.78 is 0. The summed E-state index contributed by atoms with van der Waals surface area (Å²) in [5.74, 6) is -0.620. The van der Waals surface area contributed by atoms with Gasteiger partial charge in [0.15, 0.2) is 0 Å². The van der Waals surface area contributed by atoms with Crippen LogP contribution in [0.15, 0.2) is 24.3 Å². The van der Waals surface area contributed by atoms with E-state index in [4.69, 9.17) is 5.11 Å². The number of anilines is 1. The van der Waals surface area contributed by atoms with Crippen molar-refractivity contribution in [3.8, 4) is 0 Å². The van der Waals surface area contributed by atoms with Crippen molar-refractivity contribution in [2.24, 2.45) is 5.92 Å². The van der Waals surface area contributed by atoms with Crippen LogP contribution in [0.1, 0.15) is 37.7 Å². The van der Waals surface area contributed by atoms with Crippen LogP contribution in [-0.2, 0) is 20.8 Å². The molecule has 6 nitrogen and oxygen atoms in total. The van der Waals surface area contributed by atoms with Gasteiger partial charge >= 0.3 is 5.97 Å². The Morgan fingerprint density at radius 2 is 1.78 bits per heavy atom. The van der Waals surface area contributed by atoms with Crippen LogP contribution in [0.4, 0.5) is 5.69 Å². The summed E-state index contributed by atoms with van der Waals surface area (Å²) in [7, 11) is 0. The van der Waals surface area contributed by atoms with E-state index in [1.807, 2.05) is 12.1 Å². The Hall–Kier alpha value is -2.37. The molecule has 0 heterocycles. The molecule has 1 saturated carbocycles. The van der Waals surface area contributed by atoms with Crippen LogP contribution >= 0.6 is 0 Å². The highest BCUT2D eigenvalue weighted by molar-refractivity contribution is 5.90. The number of carbonyl (C=O) groups excluding carboxylic acids is 2. The van der Waals surface area contributed by atoms with Gasteiger partial charge in [0.05, 0.1) is 0 Å². The summed E-state index contributed by atoms with van der Waals surface area (Å²) in [5.41, 5.74) is 1.62. The summed E-state index contributed by atoms with van der Waals surface area (Å²) in [5, 5.41) is 14.3. The number of carboxylic acids is 1. The molecule has 2 amide bonds. The SMILES string of the molecule is O=C(O)CCc1ccc(NC(=O)CCCNC(=O)C2CC2)cc1. The molecule has 0 radical (unpaired) electrons. The Kier molecular flexibility index (Phi) is 6.14. The highest BCUT2D eigenvalue weighted by Crippen LogP contribution is 2.28. The second-order valence-electron chi connectivity index (χ2n) is 5.81. The van der Waals surface area contributed by atoms with E-state index in [9.17, 15) is 14.4 Å². The maximum atomic E-state index is 11.8. The van der Waals surface area contributed by atoms with E-state index < -0.39 is 5.97 Å². The highest BCUT2D eigenvalue weighted by Gasteiger charge is 2.28. The standard InChI is InChI=1S/C17H22N2O4/c20-15(2-1-11-18-17(23)13-6-7-13)19-14-8-3-12(4-9-14)5-10-16(21)22/h3-4,8-9,13H,1-2,5-7,10-11H2,(H,18,23)(H,19,20)(H,21,22). The van der Waals surface area contributed by atoms with Gasteiger partial charge in [0.25, 0.3) is 0 Å². The highest BCUT2D eigenvalue weighted by atomic mass is 16.4. The lowest BCUT2D eigenvalue weighted by atomic mass is 10.1. The minimum Gasteiger partial charge on any atom is -0.481 e. The summed E-state index contributed by atoms with van der Waals surface area (Å²) >= 11 is 0. The van der Waals surface area contributed by atoms with Crippen molar-refractivity contribution in [2.45, 2.75) is 38.5 Å². The maximum Gasteiger partial charge on any atom is 0.303 e. The first-order valence-corrected chi connectivity index (χ1v) is 7.93. The lowest BCUT2D eigenvalue weighted by molar-refractivity contribution is -0.137. The second kappa shape index (κ2) is 8.31. The number of aryl methyl sites for hydroxylation is 1. The number of nitrogens with one attached hydrogen (secondary N) is 2. The second-order valence-corrected chi connectivity index (χ2v) is 5.81. The number of amides is 2. The molecule has 0 bridgehead atoms. The molecule has 0 aromatic heterocycles. The third-order valence-electron chi connectivity index (χ3n) is 3.69. The molecule has 1 aliphatic rings. The third-order valence-corrected chi connectivity index (χ3v) is 3.69. The molecule has 3 N–H and O–H groups in total. The fourth-order valence-electron chi connectivity index (χ4n) is 2.18. The zero-order valence-corrected chi connectivity index (χ0v) is 13.0. The van der Waals surface area contributed by atoms with E-state index in [1.54, 1.807) is 12.1 Å². The molecule has 0 spiro atoms. The van der Waals surface area contributed by atoms with E-state index in [0.717, 1.165) is 18.4 Å². The molecule has 0 unspecified atom stereocenters. The van der Waals surface area contributed by atoms with E-state index in [-0.39, 0.29) is 24.2 Å². The van der Waals surface area contributed by atoms with Gasteiger partial charge in [0, 0.05) is 31.0 Å². The van der Waals surface area contributed by atoms with Gasteiger partial charge < -0.3 is 15.7 Å². The number of hydrogen-bond acceptors (Lipinski definition) is 3. The largest absolute Gasteiger partial charge is 0.481 e. The first-order chi connectivity index (χ1) is 11.0. The molecule has 1 aromatic carbocycles. The number of rotatable bonds is 9. The van der Waals surface area contributed by atoms with E-state index in [1.165, 1.54) is 0 Å². The average molecular weight is 318 g/mol. The Morgan fingerprint density at radius 3 is 2.39 bits per heavy atom. The Labute approximate surface area is 135 Å². The van der Waals surface area contributed by atoms with Crippen molar-refractivity contribution in [2.75, 3.05) is 11.9 Å². The van der Waals surface area contributed by atoms with Gasteiger partial charge in [-0.05, 0) is 43.4 Å². The van der Waals surface area contributed by atoms with Crippen molar-refractivity contribution < 1.29 is 19.5 Å². The fourth-order valence-corrected chi connectivity index (χ4v) is 2.18. The average Bonchev–Trinajstić information content (AvgIpc) is 3.35. The molecule has 23 heavy (non-hydrogen) atoms. The molecule has 1 fully saturated rings. The van der Waals surface area contributed by atoms with Gasteiger partial charge in [-0.1, -0.05) is 12.1 Å². The molecule has 1 aromatic rings. The summed E-state index contributed by atoms with van der Waals surface area (Å²) in [6.45, 7) is 0.525. The van der Waals surface area contributed by atoms with Gasteiger partial charge in [-0.2, -0.15) is 0 Å². The molecule has 6 heteroatoms. The van der Waals surface area contributed by atoms with Gasteiger partial charge in [0.1, 0.15) is 0 Å². The Bertz CT molecular complexity index is 564. The molecule has 0 saturated heterocycles. The molecule has 124 valence electrons. The van der Waals surface area contributed by atoms with Crippen molar-refractivity contribution >= 4 is 23.5 Å². The first-order valence-electron chi connectivity index (χ1n) is 7.93. The van der Waals surface area contributed by atoms with Gasteiger partial charge in [-0.15, -0.1) is 0 Å². The normalized spacial score (nSPS) is 13.4. The van der Waals surface area contributed by atoms with Crippen LogP contribution in [0.2, 0.25) is 0 Å². The smallest absolute Gasteiger partial charge is 0.303 e. The van der Waals surface area contributed by atoms with Crippen molar-refractivity contribution in [1.82, 2.24) is 5.32 Å². The van der Waals surface area contributed by atoms with Crippen LogP contribution in [0.5, 0.6) is 0 Å². The van der Waals surface area contributed by atoms with E-state index in [2.05, 4.69) is 10.6 Å². The van der Waals surface area contributed by atoms with Gasteiger partial charge in [-0.25, -0.2) is 0 Å². The Balaban J connectivity index is 1.63. The zero-order valence-electron chi connectivity index (χ0n) is 13.0. The number of carboxylic acid groups (broad SMARTS) is 1. The predicted molar refractivity (Wildman–Crippen MR) is 86.0 cm³/mol. The third kappa shape index (κ3) is 6.50. The monoisotopic (exact) mass is 318 g/mol. The zero-order chi connectivity index (χ0) is 16.7. The Morgan fingerprint density at radius 1 is 1.09 bits per heavy atom. The first kappa shape index (κ1) is 17.0. The molecule has 0 aliphatic heterocycles. The van der Waals surface area contributed by atoms with Crippen molar-refractivity contribution in [1.29, 1.82) is 0 Å². The maximum absolute atomic E-state index is 11.8. The molecule has 0 atom stereocenters. The number of aliphatic carboxylic acids is 1. The quantitative estimate of drug-likeness (QED) is 0.606. The van der Waals surface area contributed by atoms with Crippen molar-refractivity contribution in [3.05, 3.63) is 29.8 Å². The van der Waals surface area contributed by atoms with E-state index >= 15 is 0 Å². The summed E-state index contributed by atoms with van der Waals surface area (Å²) in [6, 6.07) is 7.16. The minimum atomic E-state index is -0.823. The van der Waals surface area contributed by atoms with Crippen LogP contribution in [0.25, 0.3) is 0 Å². The summed E-state index contributed by atoms with van der Waals surface area (Å²) in [6.07, 6.45) is 3.50. The van der Waals surface area contributed by atoms with Gasteiger partial charge in [-0.3, -0.25) is 14.4 Å². The number of benzene rings is 1. The lowest BCUT2D eigenvalue weighted by Crippen LogP contribution is -2.26. The topological polar surface area (TPSA) is 95.5 Å². The molecular weight excluding hydrogens is 296 g/mol. The van der Waals surface area contributed by atoms with Crippen LogP contribution in [-0.4, -0.2) is 29.4 Å². The summed E-state index contributed by atoms with van der Waals surface area (Å²) in [4.78, 5) is 33.7. The van der Waals surface area contributed by atoms with Crippen molar-refractivity contribution in [3.63, 3.8) is 0 Å². The minimum absolute atomic E-state index is 0.0936.